The minimum atomic E-state index is -1.01. The number of nitrogens with one attached hydrogen (secondary N) is 1. The number of ether oxygens (including phenoxy) is 1. The first-order valence-corrected chi connectivity index (χ1v) is 13.9. The van der Waals surface area contributed by atoms with Crippen LogP contribution >= 0.6 is 0 Å². The van der Waals surface area contributed by atoms with Gasteiger partial charge in [0.05, 0.1) is 36.9 Å². The minimum absolute atomic E-state index is 0.0680. The largest absolute Gasteiger partial charge is 0.460 e. The van der Waals surface area contributed by atoms with Gasteiger partial charge in [-0.2, -0.15) is 0 Å². The van der Waals surface area contributed by atoms with Crippen LogP contribution in [0.1, 0.15) is 87.5 Å². The molecule has 6 N–H and O–H groups in total. The molecule has 12 atom stereocenters. The Hall–Kier alpha value is -1.26. The molecule has 1 aliphatic rings. The number of hydrogen-bond acceptors (Lipinski definition) is 8. The summed E-state index contributed by atoms with van der Waals surface area (Å²) in [5.74, 6) is -2.39. The zero-order chi connectivity index (χ0) is 28.6. The number of amides is 1. The van der Waals surface area contributed by atoms with Gasteiger partial charge in [-0.1, -0.05) is 48.5 Å². The van der Waals surface area contributed by atoms with Gasteiger partial charge in [-0.15, -0.1) is 0 Å². The molecule has 0 radical (unpaired) electrons. The quantitative estimate of drug-likeness (QED) is 0.247. The summed E-state index contributed by atoms with van der Waals surface area (Å²) in [5.41, 5.74) is 0. The lowest BCUT2D eigenvalue weighted by Crippen LogP contribution is -2.48. The molecular weight excluding hydrogens is 478 g/mol. The van der Waals surface area contributed by atoms with E-state index in [0.29, 0.717) is 12.8 Å². The fourth-order valence-corrected chi connectivity index (χ4v) is 5.59. The molecule has 1 fully saturated rings. The summed E-state index contributed by atoms with van der Waals surface area (Å²) in [4.78, 5) is 25.8. The lowest BCUT2D eigenvalue weighted by molar-refractivity contribution is -0.161. The molecular formula is C28H53NO8. The third kappa shape index (κ3) is 10.8. The molecule has 1 saturated heterocycles. The molecule has 0 aromatic rings. The van der Waals surface area contributed by atoms with Gasteiger partial charge in [-0.05, 0) is 62.2 Å². The first kappa shape index (κ1) is 33.8. The number of aliphatic hydroxyl groups is 5. The molecule has 1 amide bonds. The van der Waals surface area contributed by atoms with Gasteiger partial charge in [0.2, 0.25) is 5.91 Å². The molecule has 0 aromatic heterocycles. The highest BCUT2D eigenvalue weighted by atomic mass is 16.5. The fraction of sp³-hybridized carbons (Fsp3) is 0.929. The van der Waals surface area contributed by atoms with Crippen molar-refractivity contribution >= 4 is 11.9 Å². The van der Waals surface area contributed by atoms with Crippen molar-refractivity contribution in [2.45, 2.75) is 130 Å². The Balaban J connectivity index is 3.15. The third-order valence-electron chi connectivity index (χ3n) is 8.00. The second-order valence-electron chi connectivity index (χ2n) is 12.2. The molecule has 1 heterocycles. The van der Waals surface area contributed by atoms with Crippen LogP contribution in [-0.2, 0) is 14.3 Å². The molecule has 1 aliphatic heterocycles. The summed E-state index contributed by atoms with van der Waals surface area (Å²) in [6, 6.07) is -0.872. The van der Waals surface area contributed by atoms with Crippen LogP contribution in [0.2, 0.25) is 0 Å². The van der Waals surface area contributed by atoms with Crippen LogP contribution in [0.4, 0.5) is 0 Å². The zero-order valence-electron chi connectivity index (χ0n) is 24.0. The van der Waals surface area contributed by atoms with Crippen LogP contribution < -0.4 is 5.32 Å². The summed E-state index contributed by atoms with van der Waals surface area (Å²) in [6.45, 7) is 14.7. The highest BCUT2D eigenvalue weighted by Crippen LogP contribution is 2.32. The molecule has 0 aliphatic carbocycles. The topological polar surface area (TPSA) is 157 Å². The normalized spacial score (nSPS) is 33.6. The van der Waals surface area contributed by atoms with Gasteiger partial charge in [0.15, 0.2) is 0 Å². The smallest absolute Gasteiger partial charge is 0.329 e. The summed E-state index contributed by atoms with van der Waals surface area (Å²) in [6.07, 6.45) is -3.59. The summed E-state index contributed by atoms with van der Waals surface area (Å²) in [5, 5.41) is 54.5. The summed E-state index contributed by atoms with van der Waals surface area (Å²) >= 11 is 0. The van der Waals surface area contributed by atoms with Crippen molar-refractivity contribution in [3.05, 3.63) is 0 Å². The molecule has 1 rings (SSSR count). The third-order valence-corrected chi connectivity index (χ3v) is 8.00. The fourth-order valence-electron chi connectivity index (χ4n) is 5.59. The molecule has 0 aromatic carbocycles. The number of esters is 1. The van der Waals surface area contributed by atoms with Crippen LogP contribution in [0.25, 0.3) is 0 Å². The number of rotatable bonds is 9. The van der Waals surface area contributed by atoms with Crippen LogP contribution in [0.3, 0.4) is 0 Å². The lowest BCUT2D eigenvalue weighted by atomic mass is 9.78. The molecule has 37 heavy (non-hydrogen) atoms. The summed E-state index contributed by atoms with van der Waals surface area (Å²) < 4.78 is 6.05. The van der Waals surface area contributed by atoms with Crippen molar-refractivity contribution in [2.24, 2.45) is 35.5 Å². The van der Waals surface area contributed by atoms with Gasteiger partial charge in [-0.25, -0.2) is 4.79 Å². The lowest BCUT2D eigenvalue weighted by Gasteiger charge is -2.36. The Morgan fingerprint density at radius 3 is 2.05 bits per heavy atom. The Morgan fingerprint density at radius 2 is 1.51 bits per heavy atom. The summed E-state index contributed by atoms with van der Waals surface area (Å²) in [7, 11) is 0. The average Bonchev–Trinajstić information content (AvgIpc) is 2.78. The number of carbonyl (C=O) groups is 2. The molecule has 0 bridgehead atoms. The molecule has 0 spiro atoms. The monoisotopic (exact) mass is 531 g/mol. The number of cyclic esters (lactones) is 1. The van der Waals surface area contributed by atoms with Crippen LogP contribution in [0.5, 0.6) is 0 Å². The molecule has 9 nitrogen and oxygen atoms in total. The maximum atomic E-state index is 13.3. The Bertz CT molecular complexity index is 702. The predicted molar refractivity (Wildman–Crippen MR) is 141 cm³/mol. The van der Waals surface area contributed by atoms with E-state index in [0.717, 1.165) is 0 Å². The number of aliphatic hydroxyl groups excluding tert-OH is 5. The van der Waals surface area contributed by atoms with Gasteiger partial charge < -0.3 is 35.6 Å². The Morgan fingerprint density at radius 1 is 0.919 bits per heavy atom. The predicted octanol–water partition coefficient (Wildman–Crippen LogP) is 2.01. The van der Waals surface area contributed by atoms with Crippen LogP contribution in [0.15, 0.2) is 0 Å². The molecule has 9 heteroatoms. The van der Waals surface area contributed by atoms with Crippen molar-refractivity contribution in [3.8, 4) is 0 Å². The van der Waals surface area contributed by atoms with Crippen LogP contribution in [-0.4, -0.2) is 80.1 Å². The van der Waals surface area contributed by atoms with E-state index in [1.165, 1.54) is 0 Å². The van der Waals surface area contributed by atoms with E-state index in [9.17, 15) is 35.1 Å². The zero-order valence-corrected chi connectivity index (χ0v) is 24.0. The first-order chi connectivity index (χ1) is 17.0. The van der Waals surface area contributed by atoms with Crippen molar-refractivity contribution in [3.63, 3.8) is 0 Å². The van der Waals surface area contributed by atoms with E-state index >= 15 is 0 Å². The van der Waals surface area contributed by atoms with Crippen molar-refractivity contribution in [2.75, 3.05) is 0 Å². The highest BCUT2D eigenvalue weighted by Gasteiger charge is 2.37. The number of carbonyl (C=O) groups excluding carboxylic acids is 2. The second-order valence-corrected chi connectivity index (χ2v) is 12.2. The van der Waals surface area contributed by atoms with Gasteiger partial charge >= 0.3 is 5.97 Å². The van der Waals surface area contributed by atoms with E-state index in [-0.39, 0.29) is 48.9 Å². The van der Waals surface area contributed by atoms with Crippen molar-refractivity contribution in [1.29, 1.82) is 0 Å². The SMILES string of the molecule is CC(O)CC(O)C(C)C(O)C(C)CC(C)C1OC(=O)C(C(C)C)NC(=O)CC(O)CC(O)C(C)CC1C. The van der Waals surface area contributed by atoms with Gasteiger partial charge in [0.25, 0.3) is 0 Å². The van der Waals surface area contributed by atoms with E-state index in [2.05, 4.69) is 5.32 Å². The maximum absolute atomic E-state index is 13.3. The molecule has 12 unspecified atom stereocenters. The first-order valence-electron chi connectivity index (χ1n) is 13.9. The Labute approximate surface area is 223 Å². The van der Waals surface area contributed by atoms with Gasteiger partial charge in [0, 0.05) is 5.92 Å². The maximum Gasteiger partial charge on any atom is 0.329 e. The highest BCUT2D eigenvalue weighted by molar-refractivity contribution is 5.85. The van der Waals surface area contributed by atoms with E-state index < -0.39 is 60.5 Å². The van der Waals surface area contributed by atoms with Crippen molar-refractivity contribution < 1.29 is 39.9 Å². The standard InChI is InChI=1S/C28H53NO8/c1-14(2)25-28(36)37-27(17(5)9-15(3)22(32)12-21(31)13-24(34)29-25)18(6)10-16(4)26(35)20(8)23(33)11-19(7)30/h14-23,25-27,30-33,35H,9-13H2,1-8H3,(H,29,34). The van der Waals surface area contributed by atoms with Gasteiger partial charge in [0.1, 0.15) is 12.1 Å². The van der Waals surface area contributed by atoms with E-state index in [4.69, 9.17) is 4.74 Å². The molecule has 218 valence electrons. The van der Waals surface area contributed by atoms with E-state index in [1.807, 2.05) is 41.5 Å². The average molecular weight is 532 g/mol. The Kier molecular flexibility index (Phi) is 14.0. The minimum Gasteiger partial charge on any atom is -0.460 e. The van der Waals surface area contributed by atoms with Gasteiger partial charge in [-0.3, -0.25) is 4.79 Å². The van der Waals surface area contributed by atoms with Crippen LogP contribution in [0, 0.1) is 35.5 Å². The van der Waals surface area contributed by atoms with E-state index in [1.54, 1.807) is 13.8 Å². The molecule has 0 saturated carbocycles. The second kappa shape index (κ2) is 15.4. The van der Waals surface area contributed by atoms with Crippen molar-refractivity contribution in [1.82, 2.24) is 5.32 Å². The number of hydrogen-bond donors (Lipinski definition) is 6.